The Labute approximate surface area is 101 Å². The van der Waals surface area contributed by atoms with E-state index in [9.17, 15) is 0 Å². The van der Waals surface area contributed by atoms with Gasteiger partial charge in [0.25, 0.3) is 0 Å². The molecule has 1 aromatic carbocycles. The summed E-state index contributed by atoms with van der Waals surface area (Å²) < 4.78 is 0. The molecule has 0 aromatic heterocycles. The molecule has 2 rings (SSSR count). The second-order valence-electron chi connectivity index (χ2n) is 4.23. The largest absolute Gasteiger partial charge is 0.296 e. The second-order valence-corrected chi connectivity index (χ2v) is 5.02. The molecule has 15 heavy (non-hydrogen) atoms. The summed E-state index contributed by atoms with van der Waals surface area (Å²) in [7, 11) is 0. The maximum Gasteiger partial charge on any atom is 0.0236 e. The van der Waals surface area contributed by atoms with Crippen molar-refractivity contribution >= 4 is 15.9 Å². The van der Waals surface area contributed by atoms with E-state index in [1.165, 1.54) is 31.4 Å². The van der Waals surface area contributed by atoms with Crippen LogP contribution in [-0.4, -0.2) is 22.8 Å². The molecule has 1 aliphatic rings. The maximum atomic E-state index is 3.55. The molecule has 0 N–H and O–H groups in total. The minimum absolute atomic E-state index is 0.796. The van der Waals surface area contributed by atoms with Crippen molar-refractivity contribution in [1.29, 1.82) is 0 Å². The molecule has 0 spiro atoms. The van der Waals surface area contributed by atoms with Crippen LogP contribution < -0.4 is 0 Å². The van der Waals surface area contributed by atoms with Crippen molar-refractivity contribution in [3.8, 4) is 0 Å². The number of hydrogen-bond donors (Lipinski definition) is 0. The Morgan fingerprint density at radius 1 is 1.27 bits per heavy atom. The second kappa shape index (κ2) is 5.66. The summed E-state index contributed by atoms with van der Waals surface area (Å²) in [5.41, 5.74) is 1.44. The molecule has 1 aromatic rings. The smallest absolute Gasteiger partial charge is 0.0236 e. The molecule has 0 saturated carbocycles. The number of benzene rings is 1. The highest BCUT2D eigenvalue weighted by atomic mass is 79.9. The molecule has 2 heteroatoms. The van der Waals surface area contributed by atoms with Crippen molar-refractivity contribution in [1.82, 2.24) is 4.90 Å². The molecular formula is C13H18BrN. The van der Waals surface area contributed by atoms with Gasteiger partial charge in [-0.2, -0.15) is 0 Å². The van der Waals surface area contributed by atoms with Crippen LogP contribution in [0.2, 0.25) is 0 Å². The normalized spacial score (nSPS) is 22.1. The molecule has 0 aliphatic carbocycles. The predicted octanol–water partition coefficient (Wildman–Crippen LogP) is 3.44. The van der Waals surface area contributed by atoms with Gasteiger partial charge in [-0.25, -0.2) is 0 Å². The van der Waals surface area contributed by atoms with Gasteiger partial charge in [-0.05, 0) is 31.4 Å². The quantitative estimate of drug-likeness (QED) is 0.756. The first-order chi connectivity index (χ1) is 7.40. The average Bonchev–Trinajstić information content (AvgIpc) is 2.68. The van der Waals surface area contributed by atoms with Crippen molar-refractivity contribution in [3.05, 3.63) is 35.9 Å². The maximum absolute atomic E-state index is 3.55. The lowest BCUT2D eigenvalue weighted by Gasteiger charge is -2.23. The van der Waals surface area contributed by atoms with Crippen molar-refractivity contribution in [2.45, 2.75) is 31.8 Å². The highest BCUT2D eigenvalue weighted by Gasteiger charge is 2.23. The Morgan fingerprint density at radius 3 is 2.80 bits per heavy atom. The summed E-state index contributed by atoms with van der Waals surface area (Å²) in [6.45, 7) is 2.39. The lowest BCUT2D eigenvalue weighted by atomic mass is 10.1. The van der Waals surface area contributed by atoms with Crippen molar-refractivity contribution in [2.24, 2.45) is 0 Å². The van der Waals surface area contributed by atoms with E-state index in [1.54, 1.807) is 0 Å². The lowest BCUT2D eigenvalue weighted by Crippen LogP contribution is -2.29. The Hall–Kier alpha value is -0.340. The predicted molar refractivity (Wildman–Crippen MR) is 68.3 cm³/mol. The third-order valence-corrected chi connectivity index (χ3v) is 3.63. The fourth-order valence-electron chi connectivity index (χ4n) is 2.37. The van der Waals surface area contributed by atoms with E-state index in [2.05, 4.69) is 51.2 Å². The van der Waals surface area contributed by atoms with Gasteiger partial charge in [-0.3, -0.25) is 4.90 Å². The van der Waals surface area contributed by atoms with Crippen LogP contribution in [0.1, 0.15) is 24.8 Å². The van der Waals surface area contributed by atoms with E-state index >= 15 is 0 Å². The molecule has 1 nitrogen and oxygen atoms in total. The van der Waals surface area contributed by atoms with Crippen LogP contribution in [0.3, 0.4) is 0 Å². The fraction of sp³-hybridized carbons (Fsp3) is 0.538. The molecule has 1 aliphatic heterocycles. The summed E-state index contributed by atoms with van der Waals surface area (Å²) in [6.07, 6.45) is 4.02. The minimum atomic E-state index is 0.796. The average molecular weight is 268 g/mol. The summed E-state index contributed by atoms with van der Waals surface area (Å²) >= 11 is 3.55. The standard InChI is InChI=1S/C13H18BrN/c14-9-8-13-7-4-10-15(13)11-12-5-2-1-3-6-12/h1-3,5-6,13H,4,7-11H2. The van der Waals surface area contributed by atoms with Gasteiger partial charge < -0.3 is 0 Å². The van der Waals surface area contributed by atoms with Crippen LogP contribution in [0.15, 0.2) is 30.3 Å². The molecule has 1 unspecified atom stereocenters. The first-order valence-electron chi connectivity index (χ1n) is 5.74. The molecule has 1 atom stereocenters. The van der Waals surface area contributed by atoms with Crippen LogP contribution in [0.4, 0.5) is 0 Å². The zero-order valence-electron chi connectivity index (χ0n) is 9.03. The molecule has 1 heterocycles. The third kappa shape index (κ3) is 3.05. The van der Waals surface area contributed by atoms with E-state index in [4.69, 9.17) is 0 Å². The van der Waals surface area contributed by atoms with Crippen LogP contribution in [0, 0.1) is 0 Å². The van der Waals surface area contributed by atoms with Gasteiger partial charge >= 0.3 is 0 Å². The molecule has 82 valence electrons. The molecule has 0 radical (unpaired) electrons. The molecule has 0 amide bonds. The summed E-state index contributed by atoms with van der Waals surface area (Å²) in [4.78, 5) is 2.62. The van der Waals surface area contributed by atoms with Gasteiger partial charge in [-0.15, -0.1) is 0 Å². The van der Waals surface area contributed by atoms with Crippen LogP contribution in [0.5, 0.6) is 0 Å². The van der Waals surface area contributed by atoms with Gasteiger partial charge in [0.15, 0.2) is 0 Å². The van der Waals surface area contributed by atoms with Crippen molar-refractivity contribution in [2.75, 3.05) is 11.9 Å². The van der Waals surface area contributed by atoms with Gasteiger partial charge in [0.05, 0.1) is 0 Å². The number of halogens is 1. The van der Waals surface area contributed by atoms with Crippen molar-refractivity contribution < 1.29 is 0 Å². The van der Waals surface area contributed by atoms with Crippen LogP contribution >= 0.6 is 15.9 Å². The number of alkyl halides is 1. The highest BCUT2D eigenvalue weighted by Crippen LogP contribution is 2.22. The Kier molecular flexibility index (Phi) is 4.21. The van der Waals surface area contributed by atoms with E-state index in [0.29, 0.717) is 0 Å². The molecule has 0 bridgehead atoms. The number of likely N-dealkylation sites (tertiary alicyclic amines) is 1. The summed E-state index contributed by atoms with van der Waals surface area (Å²) in [6, 6.07) is 11.6. The fourth-order valence-corrected chi connectivity index (χ4v) is 2.90. The zero-order chi connectivity index (χ0) is 10.5. The van der Waals surface area contributed by atoms with Gasteiger partial charge in [0.1, 0.15) is 0 Å². The van der Waals surface area contributed by atoms with E-state index in [-0.39, 0.29) is 0 Å². The van der Waals surface area contributed by atoms with Gasteiger partial charge in [-0.1, -0.05) is 46.3 Å². The molecule has 1 fully saturated rings. The Balaban J connectivity index is 1.93. The number of hydrogen-bond acceptors (Lipinski definition) is 1. The summed E-state index contributed by atoms with van der Waals surface area (Å²) in [5, 5.41) is 1.13. The monoisotopic (exact) mass is 267 g/mol. The topological polar surface area (TPSA) is 3.24 Å². The first kappa shape index (κ1) is 11.2. The van der Waals surface area contributed by atoms with E-state index in [0.717, 1.165) is 17.9 Å². The van der Waals surface area contributed by atoms with Crippen molar-refractivity contribution in [3.63, 3.8) is 0 Å². The van der Waals surface area contributed by atoms with E-state index < -0.39 is 0 Å². The third-order valence-electron chi connectivity index (χ3n) is 3.17. The van der Waals surface area contributed by atoms with Crippen LogP contribution in [0.25, 0.3) is 0 Å². The first-order valence-corrected chi connectivity index (χ1v) is 6.86. The highest BCUT2D eigenvalue weighted by molar-refractivity contribution is 9.09. The molecular weight excluding hydrogens is 250 g/mol. The van der Waals surface area contributed by atoms with Gasteiger partial charge in [0, 0.05) is 17.9 Å². The lowest BCUT2D eigenvalue weighted by molar-refractivity contribution is 0.241. The minimum Gasteiger partial charge on any atom is -0.296 e. The summed E-state index contributed by atoms with van der Waals surface area (Å²) in [5.74, 6) is 0. The number of nitrogens with zero attached hydrogens (tertiary/aromatic N) is 1. The van der Waals surface area contributed by atoms with Crippen LogP contribution in [-0.2, 0) is 6.54 Å². The zero-order valence-corrected chi connectivity index (χ0v) is 10.6. The molecule has 1 saturated heterocycles. The SMILES string of the molecule is BrCCC1CCCN1Cc1ccccc1. The van der Waals surface area contributed by atoms with E-state index in [1.807, 2.05) is 0 Å². The number of rotatable bonds is 4. The van der Waals surface area contributed by atoms with Gasteiger partial charge in [0.2, 0.25) is 0 Å². The Bertz CT molecular complexity index is 286. The Morgan fingerprint density at radius 2 is 2.07 bits per heavy atom.